The third-order valence-corrected chi connectivity index (χ3v) is 2.40. The third kappa shape index (κ3) is 2.74. The zero-order valence-electron chi connectivity index (χ0n) is 9.61. The molecule has 4 heterocycles. The van der Waals surface area contributed by atoms with Gasteiger partial charge in [0.15, 0.2) is 0 Å². The molecular weight excluding hydrogens is 234 g/mol. The first-order valence-corrected chi connectivity index (χ1v) is 12.8. The zero-order chi connectivity index (χ0) is 10.1. The predicted molar refractivity (Wildman–Crippen MR) is 59.9 cm³/mol. The molecule has 4 saturated heterocycles. The predicted octanol–water partition coefficient (Wildman–Crippen LogP) is 0.351. The van der Waals surface area contributed by atoms with Crippen molar-refractivity contribution in [3.8, 4) is 0 Å². The van der Waals surface area contributed by atoms with E-state index in [0.717, 1.165) is 0 Å². The van der Waals surface area contributed by atoms with Crippen molar-refractivity contribution < 1.29 is 0 Å². The minimum absolute atomic E-state index is 0.479. The molecule has 0 aromatic carbocycles. The van der Waals surface area contributed by atoms with Crippen LogP contribution in [0, 0.1) is 0 Å². The topological polar surface area (TPSA) is 13.0 Å². The Bertz CT molecular complexity index is 138. The molecule has 0 radical (unpaired) electrons. The molecule has 0 spiro atoms. The van der Waals surface area contributed by atoms with Crippen molar-refractivity contribution in [1.29, 1.82) is 0 Å². The summed E-state index contributed by atoms with van der Waals surface area (Å²) < 4.78 is 0. The van der Waals surface area contributed by atoms with Crippen LogP contribution in [0.3, 0.4) is 0 Å². The first-order chi connectivity index (χ1) is 6.63. The number of nitrogens with zero attached hydrogens (tertiary/aromatic N) is 4. The first-order valence-electron chi connectivity index (χ1n) is 5.53. The quantitative estimate of drug-likeness (QED) is 0.579. The summed E-state index contributed by atoms with van der Waals surface area (Å²) in [4.78, 5) is 9.88. The number of rotatable bonds is 0. The Morgan fingerprint density at radius 2 is 0.714 bits per heavy atom. The van der Waals surface area contributed by atoms with E-state index in [1.165, 1.54) is 40.0 Å². The van der Waals surface area contributed by atoms with Gasteiger partial charge in [-0.3, -0.25) is 19.6 Å². The molecular formula is C9H21GaN4. The van der Waals surface area contributed by atoms with Crippen molar-refractivity contribution in [3.05, 3.63) is 0 Å². The van der Waals surface area contributed by atoms with Crippen LogP contribution in [0.5, 0.6) is 0 Å². The summed E-state index contributed by atoms with van der Waals surface area (Å²) in [6.45, 7) is 7.12. The average Bonchev–Trinajstić information content (AvgIpc) is 1.98. The second kappa shape index (κ2) is 4.55. The van der Waals surface area contributed by atoms with Crippen LogP contribution in [-0.2, 0) is 0 Å². The zero-order valence-corrected chi connectivity index (χ0v) is 12.0. The van der Waals surface area contributed by atoms with Gasteiger partial charge in [0.1, 0.15) is 0 Å². The normalized spacial score (nSPS) is 43.1. The average molecular weight is 255 g/mol. The van der Waals surface area contributed by atoms with Gasteiger partial charge in [-0.1, -0.05) is 0 Å². The maximum atomic E-state index is 2.47. The van der Waals surface area contributed by atoms with Crippen LogP contribution in [0.1, 0.15) is 0 Å². The third-order valence-electron chi connectivity index (χ3n) is 2.40. The summed E-state index contributed by atoms with van der Waals surface area (Å²) in [5.74, 6) is 0. The van der Waals surface area contributed by atoms with Crippen LogP contribution in [0.4, 0.5) is 0 Å². The molecule has 0 aromatic heterocycles. The standard InChI is InChI=1S/C6H12N4.3CH3.Ga/c1-7-2-9-4-8(1)5-10(3-7)6-9;;;;/h1-6H2;3*1H3;. The molecule has 4 fully saturated rings. The molecule has 4 rings (SSSR count). The van der Waals surface area contributed by atoms with Crippen molar-refractivity contribution in [1.82, 2.24) is 19.6 Å². The van der Waals surface area contributed by atoms with Crippen LogP contribution in [0.15, 0.2) is 0 Å². The summed E-state index contributed by atoms with van der Waals surface area (Å²) in [5.41, 5.74) is 7.06. The molecule has 5 heteroatoms. The summed E-state index contributed by atoms with van der Waals surface area (Å²) in [7, 11) is 0. The second-order valence-electron chi connectivity index (χ2n) is 5.26. The SMILES string of the molecule is C1N2CN3CN1CN(C2)C3.[CH3][Ga]([CH3])[CH3]. The van der Waals surface area contributed by atoms with Crippen LogP contribution in [0.25, 0.3) is 0 Å². The van der Waals surface area contributed by atoms with E-state index in [-0.39, 0.29) is 0 Å². The van der Waals surface area contributed by atoms with Crippen molar-refractivity contribution in [3.63, 3.8) is 0 Å². The van der Waals surface area contributed by atoms with Gasteiger partial charge in [-0.25, -0.2) is 0 Å². The molecule has 4 bridgehead atoms. The molecule has 0 amide bonds. The molecule has 0 aliphatic carbocycles. The summed E-state index contributed by atoms with van der Waals surface area (Å²) in [6.07, 6.45) is 0. The summed E-state index contributed by atoms with van der Waals surface area (Å²) in [5, 5.41) is 0. The Balaban J connectivity index is 0.000000165. The van der Waals surface area contributed by atoms with E-state index in [0.29, 0.717) is 0 Å². The number of hydrogen-bond acceptors (Lipinski definition) is 4. The van der Waals surface area contributed by atoms with Gasteiger partial charge < -0.3 is 0 Å². The van der Waals surface area contributed by atoms with E-state index >= 15 is 0 Å². The fourth-order valence-corrected chi connectivity index (χ4v) is 2.23. The number of hydrogen-bond donors (Lipinski definition) is 0. The van der Waals surface area contributed by atoms with Crippen LogP contribution >= 0.6 is 0 Å². The van der Waals surface area contributed by atoms with Crippen molar-refractivity contribution >= 4 is 16.2 Å². The molecule has 0 aromatic rings. The molecule has 14 heavy (non-hydrogen) atoms. The monoisotopic (exact) mass is 254 g/mol. The van der Waals surface area contributed by atoms with Gasteiger partial charge in [-0.15, -0.1) is 0 Å². The Kier molecular flexibility index (Phi) is 3.57. The van der Waals surface area contributed by atoms with Gasteiger partial charge in [0, 0.05) is 0 Å². The fourth-order valence-electron chi connectivity index (χ4n) is 2.23. The molecule has 0 atom stereocenters. The second-order valence-corrected chi connectivity index (χ2v) is 12.5. The van der Waals surface area contributed by atoms with E-state index in [9.17, 15) is 0 Å². The molecule has 4 aliphatic rings. The maximum absolute atomic E-state index is 2.47. The molecule has 0 unspecified atom stereocenters. The van der Waals surface area contributed by atoms with E-state index in [1.807, 2.05) is 0 Å². The van der Waals surface area contributed by atoms with Crippen LogP contribution in [0.2, 0.25) is 16.4 Å². The van der Waals surface area contributed by atoms with E-state index in [2.05, 4.69) is 36.0 Å². The Morgan fingerprint density at radius 3 is 0.857 bits per heavy atom. The first kappa shape index (κ1) is 11.0. The molecule has 4 nitrogen and oxygen atoms in total. The Morgan fingerprint density at radius 1 is 0.571 bits per heavy atom. The Labute approximate surface area is 92.5 Å². The van der Waals surface area contributed by atoms with E-state index < -0.39 is 16.2 Å². The van der Waals surface area contributed by atoms with E-state index in [1.54, 1.807) is 0 Å². The van der Waals surface area contributed by atoms with Crippen molar-refractivity contribution in [2.75, 3.05) is 40.0 Å². The van der Waals surface area contributed by atoms with Gasteiger partial charge in [0.2, 0.25) is 0 Å². The van der Waals surface area contributed by atoms with Crippen molar-refractivity contribution in [2.24, 2.45) is 0 Å². The van der Waals surface area contributed by atoms with Crippen LogP contribution in [-0.4, -0.2) is 75.8 Å². The fraction of sp³-hybridized carbons (Fsp3) is 1.00. The van der Waals surface area contributed by atoms with Gasteiger partial charge in [0.25, 0.3) is 0 Å². The van der Waals surface area contributed by atoms with Gasteiger partial charge in [-0.2, -0.15) is 0 Å². The van der Waals surface area contributed by atoms with E-state index in [4.69, 9.17) is 0 Å². The van der Waals surface area contributed by atoms with Crippen molar-refractivity contribution in [2.45, 2.75) is 16.4 Å². The molecule has 4 aliphatic heterocycles. The molecule has 80 valence electrons. The molecule has 0 N–H and O–H groups in total. The minimum atomic E-state index is -0.479. The summed E-state index contributed by atoms with van der Waals surface area (Å²) in [6, 6.07) is 0. The van der Waals surface area contributed by atoms with Gasteiger partial charge in [0.05, 0.1) is 40.0 Å². The van der Waals surface area contributed by atoms with Gasteiger partial charge >= 0.3 is 32.7 Å². The van der Waals surface area contributed by atoms with Crippen LogP contribution < -0.4 is 0 Å². The van der Waals surface area contributed by atoms with Gasteiger partial charge in [-0.05, 0) is 0 Å². The molecule has 0 saturated carbocycles. The summed E-state index contributed by atoms with van der Waals surface area (Å²) >= 11 is -0.479. The Hall–Kier alpha value is 0.476.